The van der Waals surface area contributed by atoms with Crippen LogP contribution in [0, 0.1) is 18.8 Å². The Morgan fingerprint density at radius 1 is 1.40 bits per heavy atom. The van der Waals surface area contributed by atoms with E-state index in [1.54, 1.807) is 19.1 Å². The number of nitrogens with zero attached hydrogens (tertiary/aromatic N) is 1. The molecule has 7 heteroatoms. The molecule has 20 heavy (non-hydrogen) atoms. The van der Waals surface area contributed by atoms with Gasteiger partial charge in [-0.05, 0) is 24.6 Å². The van der Waals surface area contributed by atoms with Crippen LogP contribution in [0.15, 0.2) is 23.1 Å². The molecule has 4 nitrogen and oxygen atoms in total. The molecular weight excluding hydrogens is 286 g/mol. The maximum atomic E-state index is 12.3. The standard InChI is InChI=1S/C13H16F2N2O2S/c1-10-5-6-11(4-3-7-16)8-12(10)20(18,19)17(2)9-13(14)15/h5-6,8,13H,7,9,16H2,1-2H3. The van der Waals surface area contributed by atoms with E-state index >= 15 is 0 Å². The Morgan fingerprint density at radius 3 is 2.60 bits per heavy atom. The van der Waals surface area contributed by atoms with Gasteiger partial charge in [0.2, 0.25) is 10.0 Å². The van der Waals surface area contributed by atoms with Gasteiger partial charge in [0.15, 0.2) is 0 Å². The zero-order valence-electron chi connectivity index (χ0n) is 11.2. The molecule has 110 valence electrons. The smallest absolute Gasteiger partial charge is 0.252 e. The number of alkyl halides is 2. The van der Waals surface area contributed by atoms with Crippen molar-refractivity contribution in [1.82, 2.24) is 4.31 Å². The molecule has 1 aromatic rings. The summed E-state index contributed by atoms with van der Waals surface area (Å²) in [7, 11) is -2.83. The second-order valence-electron chi connectivity index (χ2n) is 4.16. The number of aryl methyl sites for hydroxylation is 1. The number of halogens is 2. The van der Waals surface area contributed by atoms with Crippen molar-refractivity contribution >= 4 is 10.0 Å². The molecule has 0 saturated carbocycles. The zero-order chi connectivity index (χ0) is 15.3. The lowest BCUT2D eigenvalue weighted by molar-refractivity contribution is 0.126. The summed E-state index contributed by atoms with van der Waals surface area (Å²) in [6.07, 6.45) is -2.73. The topological polar surface area (TPSA) is 63.4 Å². The third-order valence-electron chi connectivity index (χ3n) is 2.61. The number of nitrogens with two attached hydrogens (primary N) is 1. The van der Waals surface area contributed by atoms with Crippen LogP contribution < -0.4 is 5.73 Å². The van der Waals surface area contributed by atoms with E-state index in [9.17, 15) is 17.2 Å². The van der Waals surface area contributed by atoms with Gasteiger partial charge in [-0.25, -0.2) is 17.2 Å². The highest BCUT2D eigenvalue weighted by atomic mass is 32.2. The largest absolute Gasteiger partial charge is 0.320 e. The van der Waals surface area contributed by atoms with Crippen molar-refractivity contribution in [3.63, 3.8) is 0 Å². The van der Waals surface area contributed by atoms with Gasteiger partial charge in [0.05, 0.1) is 18.0 Å². The molecule has 0 aliphatic heterocycles. The second kappa shape index (κ2) is 6.79. The highest BCUT2D eigenvalue weighted by Gasteiger charge is 2.25. The molecule has 1 rings (SSSR count). The predicted octanol–water partition coefficient (Wildman–Crippen LogP) is 1.19. The van der Waals surface area contributed by atoms with E-state index in [1.165, 1.54) is 6.07 Å². The van der Waals surface area contributed by atoms with Crippen LogP contribution in [0.4, 0.5) is 8.78 Å². The van der Waals surface area contributed by atoms with E-state index < -0.39 is 23.0 Å². The van der Waals surface area contributed by atoms with Gasteiger partial charge in [0, 0.05) is 12.6 Å². The van der Waals surface area contributed by atoms with Crippen LogP contribution >= 0.6 is 0 Å². The van der Waals surface area contributed by atoms with Crippen LogP contribution in [0.5, 0.6) is 0 Å². The molecule has 0 aliphatic rings. The Kier molecular flexibility index (Phi) is 5.62. The van der Waals surface area contributed by atoms with Crippen LogP contribution in [-0.4, -0.2) is 39.3 Å². The molecule has 0 spiro atoms. The zero-order valence-corrected chi connectivity index (χ0v) is 12.0. The summed E-state index contributed by atoms with van der Waals surface area (Å²) < 4.78 is 49.8. The maximum Gasteiger partial charge on any atom is 0.252 e. The molecule has 0 amide bonds. The minimum Gasteiger partial charge on any atom is -0.320 e. The normalized spacial score (nSPS) is 11.6. The van der Waals surface area contributed by atoms with Crippen molar-refractivity contribution in [2.24, 2.45) is 5.73 Å². The van der Waals surface area contributed by atoms with Crippen LogP contribution in [-0.2, 0) is 10.0 Å². The molecule has 0 heterocycles. The van der Waals surface area contributed by atoms with Crippen molar-refractivity contribution in [2.75, 3.05) is 20.1 Å². The Morgan fingerprint density at radius 2 is 2.05 bits per heavy atom. The van der Waals surface area contributed by atoms with Crippen LogP contribution in [0.25, 0.3) is 0 Å². The fraction of sp³-hybridized carbons (Fsp3) is 0.385. The predicted molar refractivity (Wildman–Crippen MR) is 72.9 cm³/mol. The van der Waals surface area contributed by atoms with Crippen LogP contribution in [0.2, 0.25) is 0 Å². The number of benzene rings is 1. The quantitative estimate of drug-likeness (QED) is 0.850. The molecule has 0 saturated heterocycles. The van der Waals surface area contributed by atoms with Gasteiger partial charge in [-0.15, -0.1) is 0 Å². The first kappa shape index (κ1) is 16.6. The minimum absolute atomic E-state index is 0.0236. The summed E-state index contributed by atoms with van der Waals surface area (Å²) in [5.74, 6) is 5.33. The summed E-state index contributed by atoms with van der Waals surface area (Å²) in [6, 6.07) is 4.61. The SMILES string of the molecule is Cc1ccc(C#CCN)cc1S(=O)(=O)N(C)CC(F)F. The fourth-order valence-corrected chi connectivity index (χ4v) is 2.96. The summed E-state index contributed by atoms with van der Waals surface area (Å²) in [5, 5.41) is 0. The summed E-state index contributed by atoms with van der Waals surface area (Å²) >= 11 is 0. The lowest BCUT2D eigenvalue weighted by Crippen LogP contribution is -2.31. The van der Waals surface area contributed by atoms with E-state index in [0.717, 1.165) is 7.05 Å². The molecule has 0 atom stereocenters. The van der Waals surface area contributed by atoms with Gasteiger partial charge in [-0.2, -0.15) is 4.31 Å². The lowest BCUT2D eigenvalue weighted by Gasteiger charge is -2.18. The third kappa shape index (κ3) is 4.00. The number of hydrogen-bond donors (Lipinski definition) is 1. The first-order valence-corrected chi connectivity index (χ1v) is 7.27. The van der Waals surface area contributed by atoms with Crippen LogP contribution in [0.1, 0.15) is 11.1 Å². The van der Waals surface area contributed by atoms with Crippen molar-refractivity contribution < 1.29 is 17.2 Å². The van der Waals surface area contributed by atoms with Crippen molar-refractivity contribution in [2.45, 2.75) is 18.2 Å². The summed E-state index contributed by atoms with van der Waals surface area (Å²) in [5.41, 5.74) is 6.20. The van der Waals surface area contributed by atoms with Gasteiger partial charge in [-0.3, -0.25) is 0 Å². The Balaban J connectivity index is 3.23. The molecule has 0 aliphatic carbocycles. The molecule has 0 fully saturated rings. The second-order valence-corrected chi connectivity index (χ2v) is 6.18. The van der Waals surface area contributed by atoms with Crippen molar-refractivity contribution in [3.8, 4) is 11.8 Å². The van der Waals surface area contributed by atoms with Crippen molar-refractivity contribution in [3.05, 3.63) is 29.3 Å². The Labute approximate surface area is 117 Å². The van der Waals surface area contributed by atoms with E-state index in [4.69, 9.17) is 5.73 Å². The highest BCUT2D eigenvalue weighted by molar-refractivity contribution is 7.89. The van der Waals surface area contributed by atoms with Crippen LogP contribution in [0.3, 0.4) is 0 Å². The van der Waals surface area contributed by atoms with E-state index in [0.29, 0.717) is 15.4 Å². The molecular formula is C13H16F2N2O2S. The average molecular weight is 302 g/mol. The Bertz CT molecular complexity index is 634. The van der Waals surface area contributed by atoms with Gasteiger partial charge in [0.25, 0.3) is 6.43 Å². The molecule has 2 N–H and O–H groups in total. The number of rotatable bonds is 4. The van der Waals surface area contributed by atoms with Gasteiger partial charge < -0.3 is 5.73 Å². The highest BCUT2D eigenvalue weighted by Crippen LogP contribution is 2.20. The van der Waals surface area contributed by atoms with E-state index in [-0.39, 0.29) is 11.4 Å². The van der Waals surface area contributed by atoms with E-state index in [1.807, 2.05) is 0 Å². The number of hydrogen-bond acceptors (Lipinski definition) is 3. The third-order valence-corrected chi connectivity index (χ3v) is 4.57. The molecule has 0 radical (unpaired) electrons. The van der Waals surface area contributed by atoms with Gasteiger partial charge in [0.1, 0.15) is 0 Å². The van der Waals surface area contributed by atoms with Gasteiger partial charge in [-0.1, -0.05) is 17.9 Å². The summed E-state index contributed by atoms with van der Waals surface area (Å²) in [6.45, 7) is 0.908. The maximum absolute atomic E-state index is 12.3. The van der Waals surface area contributed by atoms with E-state index in [2.05, 4.69) is 11.8 Å². The molecule has 0 unspecified atom stereocenters. The lowest BCUT2D eigenvalue weighted by atomic mass is 10.1. The average Bonchev–Trinajstić information content (AvgIpc) is 2.36. The molecule has 0 bridgehead atoms. The van der Waals surface area contributed by atoms with Gasteiger partial charge >= 0.3 is 0 Å². The van der Waals surface area contributed by atoms with Crippen molar-refractivity contribution in [1.29, 1.82) is 0 Å². The number of sulfonamides is 1. The fourth-order valence-electron chi connectivity index (χ4n) is 1.57. The first-order chi connectivity index (χ1) is 9.28. The first-order valence-electron chi connectivity index (χ1n) is 5.83. The molecule has 1 aromatic carbocycles. The molecule has 0 aromatic heterocycles. The monoisotopic (exact) mass is 302 g/mol. The Hall–Kier alpha value is -1.49. The minimum atomic E-state index is -3.96. The summed E-state index contributed by atoms with van der Waals surface area (Å²) in [4.78, 5) is -0.0236.